The lowest BCUT2D eigenvalue weighted by molar-refractivity contribution is -0.305. The average molecular weight is 1980 g/mol. The van der Waals surface area contributed by atoms with Crippen LogP contribution < -0.4 is 19.7 Å². The van der Waals surface area contributed by atoms with Gasteiger partial charge in [-0.05, 0) is 82.2 Å². The van der Waals surface area contributed by atoms with E-state index in [0.29, 0.717) is 44.1 Å². The number of alkyl halides is 9. The predicted molar refractivity (Wildman–Crippen MR) is 489 cm³/mol. The highest BCUT2D eigenvalue weighted by Gasteiger charge is 2.57. The molecule has 2 amide bonds. The Bertz CT molecular complexity index is 3530. The smallest absolute Gasteiger partial charge is 0.462 e. The van der Waals surface area contributed by atoms with Gasteiger partial charge in [0.05, 0.1) is 26.1 Å². The fourth-order valence-corrected chi connectivity index (χ4v) is 16.0. The number of unbranched alkanes of at least 4 members (excludes halogenated alkanes) is 28. The number of amides is 2. The van der Waals surface area contributed by atoms with Crippen molar-refractivity contribution in [1.82, 2.24) is 10.6 Å². The summed E-state index contributed by atoms with van der Waals surface area (Å²) in [6.45, 7) is 7.01. The molecule has 12 atom stereocenters. The van der Waals surface area contributed by atoms with E-state index in [1.165, 1.54) is 44.5 Å². The molecule has 3 aromatic carbocycles. The maximum absolute atomic E-state index is 16.0. The summed E-state index contributed by atoms with van der Waals surface area (Å²) in [5.74, 6) is -3.15. The largest absolute Gasteiger partial charge is 0.588 e. The minimum atomic E-state index is -5.33. The molecule has 3 aromatic rings. The number of carbonyl (C=O) groups is 7. The first kappa shape index (κ1) is 112. The number of benzene rings is 3. The van der Waals surface area contributed by atoms with Crippen molar-refractivity contribution < 1.29 is 114 Å². The quantitative estimate of drug-likeness (QED) is 0.0155. The molecule has 2 saturated heterocycles. The molecular weight excluding hydrogens is 1840 g/mol. The number of rotatable bonds is 63. The van der Waals surface area contributed by atoms with Gasteiger partial charge in [0.25, 0.3) is 0 Å². The first-order valence-electron chi connectivity index (χ1n) is 44.9. The zero-order valence-electron chi connectivity index (χ0n) is 73.7. The third kappa shape index (κ3) is 47.8. The van der Waals surface area contributed by atoms with Crippen LogP contribution in [0.2, 0.25) is 0 Å². The van der Waals surface area contributed by atoms with Crippen molar-refractivity contribution in [2.45, 2.75) is 383 Å². The topological polar surface area (TPSA) is 319 Å². The van der Waals surface area contributed by atoms with Gasteiger partial charge in [0.15, 0.2) is 30.4 Å². The summed E-state index contributed by atoms with van der Waals surface area (Å²) in [5.41, 5.74) is -1.35. The number of aliphatic hydroxyl groups excluding tert-OH is 1. The molecule has 0 aromatic heterocycles. The molecule has 126 heavy (non-hydrogen) atoms. The van der Waals surface area contributed by atoms with Crippen molar-refractivity contribution >= 4 is 154 Å². The number of aliphatic hydroxyl groups is 1. The van der Waals surface area contributed by atoms with E-state index in [2.05, 4.69) is 38.3 Å². The van der Waals surface area contributed by atoms with Gasteiger partial charge in [-0.1, -0.05) is 379 Å². The minimum Gasteiger partial charge on any atom is -0.462 e. The lowest BCUT2D eigenvalue weighted by Gasteiger charge is -2.47. The number of para-hydroxylation sites is 2. The summed E-state index contributed by atoms with van der Waals surface area (Å²) in [6, 6.07) is 20.1. The lowest BCUT2D eigenvalue weighted by atomic mass is 9.95. The van der Waals surface area contributed by atoms with Crippen LogP contribution in [0, 0.1) is 0 Å². The number of carbonyl (C=O) groups excluding carboxylic acids is 7. The molecule has 0 spiro atoms. The van der Waals surface area contributed by atoms with E-state index in [4.69, 9.17) is 175 Å². The Morgan fingerprint density at radius 3 is 1.32 bits per heavy atom. The summed E-state index contributed by atoms with van der Waals surface area (Å²) in [7, 11) is -5.33. The SMILES string of the molecule is CCCCCCCCCCC[C@H](CC(=O)N[C@H]1[C@H](OCc2ccccc2)O[C@H](CO[C@@H]2O[C@H](COC(=O)OC(C)(C)C(Cl)(Cl)Cl)[C@@H](OP(=O)(Oc3ccccc3)Oc3ccccc3)[C@H](OC(=O)C[C@@H](CCCCCCCCCCC)OC(=O)CCCCCCCCC)[C@H]2NC(=O)OCC(Cl)(Cl)Cl)[C@@H](O)[C@@H]1OC(=O)OCC(Cl)(Cl)Cl)OC(=O)CCCCCCCCC. The van der Waals surface area contributed by atoms with Gasteiger partial charge in [0.2, 0.25) is 17.3 Å². The Kier molecular flexibility index (Phi) is 55.2. The van der Waals surface area contributed by atoms with E-state index < -0.39 is 180 Å². The number of halogens is 9. The average Bonchev–Trinajstić information content (AvgIpc) is 0.764. The predicted octanol–water partition coefficient (Wildman–Crippen LogP) is 24.5. The van der Waals surface area contributed by atoms with Gasteiger partial charge in [-0.15, -0.1) is 0 Å². The third-order valence-corrected chi connectivity index (χ3v) is 24.4. The van der Waals surface area contributed by atoms with E-state index in [-0.39, 0.29) is 37.4 Å². The second-order valence-corrected chi connectivity index (χ2v) is 41.2. The molecule has 2 aliphatic rings. The second-order valence-electron chi connectivity index (χ2n) is 32.5. The second kappa shape index (κ2) is 62.1. The number of phosphoric ester groups is 1. The standard InChI is InChI=1S/C90H134Cl9N2O24P/c1-7-11-15-19-23-25-29-31-40-54-68(116-73(103)56-46-33-27-21-17-13-9-3)58-72(102)100-76-80(121-85(108)115-64-89(94,95)96)78(106)70(118-82(76)111-60-65-48-38-35-39-49-65)61-112-83-77(101-84(107)114-63-88(91,92)93)81(120-75(105)59-69(55-41-32-30-26-24-20-16-12-8-2)117-74(104)57-47-34-28-22-18-14-10-4)79(71(119-83)62-113-86(109)122-87(5,6)90(97,98)99)125-126(110,123-66-50-42-36-43-51-66)124-67-52-44-37-45-53-67/h35-39,42-45,48-53,68-71,76-83,106H,7-34,40-41,46-47,54-64H2,1-6H3,(H,100,102)(H,101,107)/t68-,69-,70-,71-,76-,77-,78-,79-,80-,81-,82-,83-/m1/s1. The molecule has 0 unspecified atom stereocenters. The van der Waals surface area contributed by atoms with Crippen molar-refractivity contribution in [3.05, 3.63) is 96.6 Å². The summed E-state index contributed by atoms with van der Waals surface area (Å²) in [5, 5.41) is 18.4. The number of hydrogen-bond donors (Lipinski definition) is 3. The maximum Gasteiger partial charge on any atom is 0.588 e. The zero-order valence-corrected chi connectivity index (χ0v) is 81.4. The van der Waals surface area contributed by atoms with Crippen LogP contribution in [0.3, 0.4) is 0 Å². The number of alkyl carbamates (subject to hydrolysis) is 1. The molecule has 26 nitrogen and oxygen atoms in total. The number of esters is 3. The normalized spacial score (nSPS) is 19.7. The fraction of sp³-hybridized carbons (Fsp3) is 0.722. The molecule has 5 rings (SSSR count). The monoisotopic (exact) mass is 1970 g/mol. The lowest BCUT2D eigenvalue weighted by Crippen LogP contribution is -2.68. The van der Waals surface area contributed by atoms with Crippen LogP contribution >= 0.6 is 112 Å². The van der Waals surface area contributed by atoms with Crippen LogP contribution in [0.4, 0.5) is 14.4 Å². The Morgan fingerprint density at radius 2 is 0.857 bits per heavy atom. The van der Waals surface area contributed by atoms with Crippen LogP contribution in [0.25, 0.3) is 0 Å². The highest BCUT2D eigenvalue weighted by atomic mass is 35.6. The van der Waals surface area contributed by atoms with Crippen LogP contribution in [0.5, 0.6) is 11.5 Å². The number of nitrogens with one attached hydrogen (secondary N) is 2. The molecule has 0 saturated carbocycles. The molecule has 716 valence electrons. The van der Waals surface area contributed by atoms with Crippen LogP contribution in [-0.4, -0.2) is 164 Å². The molecule has 2 fully saturated rings. The molecule has 0 bridgehead atoms. The molecule has 3 N–H and O–H groups in total. The van der Waals surface area contributed by atoms with Crippen LogP contribution in [-0.2, 0) is 91.7 Å². The summed E-state index contributed by atoms with van der Waals surface area (Å²) >= 11 is 55.6. The van der Waals surface area contributed by atoms with E-state index in [1.54, 1.807) is 66.7 Å². The van der Waals surface area contributed by atoms with Gasteiger partial charge >= 0.3 is 44.1 Å². The van der Waals surface area contributed by atoms with Crippen LogP contribution in [0.1, 0.15) is 291 Å². The first-order valence-corrected chi connectivity index (χ1v) is 49.7. The Hall–Kier alpha value is -4.45. The maximum atomic E-state index is 16.0. The first-order chi connectivity index (χ1) is 60.1. The van der Waals surface area contributed by atoms with Gasteiger partial charge in [0, 0.05) is 12.8 Å². The highest BCUT2D eigenvalue weighted by Crippen LogP contribution is 2.53. The summed E-state index contributed by atoms with van der Waals surface area (Å²) in [4.78, 5) is 101. The van der Waals surface area contributed by atoms with Crippen molar-refractivity contribution in [3.63, 3.8) is 0 Å². The van der Waals surface area contributed by atoms with E-state index in [1.807, 2.05) is 0 Å². The zero-order chi connectivity index (χ0) is 92.2. The van der Waals surface area contributed by atoms with E-state index >= 15 is 9.36 Å². The Balaban J connectivity index is 1.70. The van der Waals surface area contributed by atoms with Gasteiger partial charge in [-0.2, -0.15) is 0 Å². The number of hydrogen-bond acceptors (Lipinski definition) is 24. The Morgan fingerprint density at radius 1 is 0.444 bits per heavy atom. The number of ether oxygens (including phenoxy) is 12. The summed E-state index contributed by atoms with van der Waals surface area (Å²) < 4.78 is 102. The third-order valence-electron chi connectivity index (χ3n) is 21.0. The van der Waals surface area contributed by atoms with E-state index in [9.17, 15) is 33.9 Å². The van der Waals surface area contributed by atoms with Crippen molar-refractivity contribution in [3.8, 4) is 11.5 Å². The molecule has 36 heteroatoms. The van der Waals surface area contributed by atoms with Gasteiger partial charge < -0.3 is 81.6 Å². The molecular formula is C90H134Cl9N2O24P. The summed E-state index contributed by atoms with van der Waals surface area (Å²) in [6.07, 6.45) is 7.43. The van der Waals surface area contributed by atoms with Crippen molar-refractivity contribution in [2.75, 3.05) is 26.4 Å². The molecule has 0 aliphatic carbocycles. The van der Waals surface area contributed by atoms with Gasteiger partial charge in [0.1, 0.15) is 80.0 Å². The van der Waals surface area contributed by atoms with Gasteiger partial charge in [-0.25, -0.2) is 18.9 Å². The van der Waals surface area contributed by atoms with Crippen molar-refractivity contribution in [2.24, 2.45) is 0 Å². The number of phosphoric acid groups is 1. The van der Waals surface area contributed by atoms with Crippen molar-refractivity contribution in [1.29, 1.82) is 0 Å². The van der Waals surface area contributed by atoms with E-state index in [0.717, 1.165) is 167 Å². The molecule has 0 radical (unpaired) electrons. The highest BCUT2D eigenvalue weighted by molar-refractivity contribution is 7.49. The molecule has 2 aliphatic heterocycles. The minimum absolute atomic E-state index is 0.0373. The molecule has 2 heterocycles. The van der Waals surface area contributed by atoms with Gasteiger partial charge in [-0.3, -0.25) is 23.7 Å². The Labute approximate surface area is 790 Å². The fourth-order valence-electron chi connectivity index (χ4n) is 14.1. The van der Waals surface area contributed by atoms with Crippen LogP contribution in [0.15, 0.2) is 91.0 Å².